The third-order valence-electron chi connectivity index (χ3n) is 9.34. The summed E-state index contributed by atoms with van der Waals surface area (Å²) < 4.78 is 20.2. The van der Waals surface area contributed by atoms with Crippen molar-refractivity contribution in [3.05, 3.63) is 64.5 Å². The van der Waals surface area contributed by atoms with E-state index in [2.05, 4.69) is 36.2 Å². The molecule has 4 aromatic rings. The number of benzene rings is 1. The fraction of sp³-hybridized carbons (Fsp3) is 0.500. The number of aliphatic hydroxyl groups is 3. The van der Waals surface area contributed by atoms with Gasteiger partial charge in [0.05, 0.1) is 63.6 Å². The van der Waals surface area contributed by atoms with Gasteiger partial charge in [-0.2, -0.15) is 0 Å². The zero-order chi connectivity index (χ0) is 38.8. The third-order valence-corrected chi connectivity index (χ3v) is 10.3. The van der Waals surface area contributed by atoms with Crippen LogP contribution in [0.25, 0.3) is 10.2 Å². The minimum Gasteiger partial charge on any atom is -0.462 e. The summed E-state index contributed by atoms with van der Waals surface area (Å²) >= 11 is 7.44. The lowest BCUT2D eigenvalue weighted by atomic mass is 9.92. The van der Waals surface area contributed by atoms with Gasteiger partial charge in [0.25, 0.3) is 5.91 Å². The van der Waals surface area contributed by atoms with Gasteiger partial charge in [-0.3, -0.25) is 4.79 Å². The van der Waals surface area contributed by atoms with Gasteiger partial charge >= 0.3 is 5.97 Å². The van der Waals surface area contributed by atoms with Gasteiger partial charge in [0, 0.05) is 36.2 Å². The first-order valence-electron chi connectivity index (χ1n) is 18.3. The first kappa shape index (κ1) is 41.0. The molecule has 5 atom stereocenters. The highest BCUT2D eigenvalue weighted by atomic mass is 35.5. The molecule has 292 valence electrons. The highest BCUT2D eigenvalue weighted by molar-refractivity contribution is 7.16. The fourth-order valence-corrected chi connectivity index (χ4v) is 7.26. The van der Waals surface area contributed by atoms with Crippen molar-refractivity contribution >= 4 is 67.9 Å². The Morgan fingerprint density at radius 1 is 0.963 bits per heavy atom. The number of hydrogen-bond donors (Lipinski definition) is 7. The van der Waals surface area contributed by atoms with Crippen LogP contribution in [0, 0.1) is 0 Å². The Morgan fingerprint density at radius 3 is 2.24 bits per heavy atom. The minimum absolute atomic E-state index is 0.00407. The first-order chi connectivity index (χ1) is 25.8. The molecule has 1 amide bonds. The number of thiazole rings is 1. The topological polar surface area (TPSA) is 191 Å². The number of carbonyl (C=O) groups excluding carboxylic acids is 2. The molecule has 0 saturated heterocycles. The van der Waals surface area contributed by atoms with Crippen LogP contribution in [0.5, 0.6) is 0 Å². The van der Waals surface area contributed by atoms with E-state index >= 15 is 0 Å². The molecule has 2 unspecified atom stereocenters. The standard InChI is InChI=1S/C24H30FN5O3S.C14H19ClN2O3/c1-24(2,33)21(25)12-27-23(32)17-11-26-22(10-19(17)29-14-4-3-5-16(31)8-14)30-15-6-7-18-20(9-15)34-13-28-18;1-2-20-14(19)11-8-16-13(15)7-12(11)17-9-4-3-5-10(18)6-9/h6-7,9-11,13-14,16,21,31,33H,3-5,8,12H2,1-2H3,(H,27,32)(H2,26,29,30);7-10,18H,2-6H2,1H3,(H,16,17)/t14-,16?,21+;9-,10?/m00/s1. The molecule has 0 spiro atoms. The number of hydrogen-bond acceptors (Lipinski definition) is 13. The molecule has 7 N–H and O–H groups in total. The van der Waals surface area contributed by atoms with E-state index in [9.17, 15) is 29.3 Å². The maximum Gasteiger partial charge on any atom is 0.341 e. The van der Waals surface area contributed by atoms with Crippen LogP contribution in [0.3, 0.4) is 0 Å². The second-order valence-corrected chi connectivity index (χ2v) is 15.5. The summed E-state index contributed by atoms with van der Waals surface area (Å²) in [5, 5.41) is 42.4. The normalized spacial score (nSPS) is 20.6. The Labute approximate surface area is 323 Å². The molecule has 1 aromatic carbocycles. The van der Waals surface area contributed by atoms with Crippen LogP contribution in [-0.2, 0) is 4.74 Å². The maximum atomic E-state index is 14.2. The van der Waals surface area contributed by atoms with Crippen LogP contribution in [0.1, 0.15) is 92.9 Å². The molecular weight excluding hydrogens is 737 g/mol. The van der Waals surface area contributed by atoms with E-state index in [0.717, 1.165) is 54.4 Å². The van der Waals surface area contributed by atoms with E-state index < -0.39 is 23.6 Å². The number of aliphatic hydroxyl groups excluding tert-OH is 2. The molecule has 3 aromatic heterocycles. The molecule has 16 heteroatoms. The number of ether oxygens (including phenoxy) is 1. The van der Waals surface area contributed by atoms with E-state index in [-0.39, 0.29) is 36.4 Å². The number of amides is 1. The minimum atomic E-state index is -1.61. The van der Waals surface area contributed by atoms with Gasteiger partial charge in [-0.05, 0) is 96.4 Å². The quantitative estimate of drug-likeness (QED) is 0.0602. The summed E-state index contributed by atoms with van der Waals surface area (Å²) in [6.45, 7) is 4.46. The highest BCUT2D eigenvalue weighted by Gasteiger charge is 2.28. The van der Waals surface area contributed by atoms with Crippen molar-refractivity contribution in [2.24, 2.45) is 0 Å². The molecule has 2 fully saturated rings. The highest BCUT2D eigenvalue weighted by Crippen LogP contribution is 2.29. The second kappa shape index (κ2) is 18.9. The van der Waals surface area contributed by atoms with Crippen molar-refractivity contribution in [1.82, 2.24) is 20.3 Å². The number of carbonyl (C=O) groups is 2. The first-order valence-corrected chi connectivity index (χ1v) is 19.5. The Kier molecular flexibility index (Phi) is 14.4. The van der Waals surface area contributed by atoms with Gasteiger partial charge in [-0.15, -0.1) is 11.3 Å². The van der Waals surface area contributed by atoms with Crippen LogP contribution < -0.4 is 21.3 Å². The molecule has 0 bridgehead atoms. The fourth-order valence-electron chi connectivity index (χ4n) is 6.38. The van der Waals surface area contributed by atoms with Gasteiger partial charge in [-0.1, -0.05) is 11.6 Å². The van der Waals surface area contributed by atoms with E-state index in [1.807, 2.05) is 18.2 Å². The van der Waals surface area contributed by atoms with Gasteiger partial charge < -0.3 is 41.3 Å². The lowest BCUT2D eigenvalue weighted by Gasteiger charge is -2.28. The molecule has 2 saturated carbocycles. The van der Waals surface area contributed by atoms with E-state index in [1.165, 1.54) is 26.2 Å². The molecular formula is C38H49ClFN7O6S. The third kappa shape index (κ3) is 11.7. The summed E-state index contributed by atoms with van der Waals surface area (Å²) in [6, 6.07) is 9.32. The Balaban J connectivity index is 0.000000239. The van der Waals surface area contributed by atoms with Crippen LogP contribution in [0.15, 0.2) is 48.2 Å². The van der Waals surface area contributed by atoms with Crippen LogP contribution >= 0.6 is 22.9 Å². The van der Waals surface area contributed by atoms with Crippen LogP contribution in [0.2, 0.25) is 5.15 Å². The lowest BCUT2D eigenvalue weighted by Crippen LogP contribution is -2.42. The summed E-state index contributed by atoms with van der Waals surface area (Å²) in [6.07, 6.45) is 7.12. The monoisotopic (exact) mass is 785 g/mol. The smallest absolute Gasteiger partial charge is 0.341 e. The Bertz CT molecular complexity index is 1880. The molecule has 6 rings (SSSR count). The second-order valence-electron chi connectivity index (χ2n) is 14.2. The van der Waals surface area contributed by atoms with Gasteiger partial charge in [-0.25, -0.2) is 24.1 Å². The summed E-state index contributed by atoms with van der Waals surface area (Å²) in [5.74, 6) is -0.370. The number of nitrogens with one attached hydrogen (secondary N) is 4. The molecule has 0 aliphatic heterocycles. The number of esters is 1. The van der Waals surface area contributed by atoms with Crippen LogP contribution in [0.4, 0.5) is 27.3 Å². The summed E-state index contributed by atoms with van der Waals surface area (Å²) in [4.78, 5) is 37.4. The van der Waals surface area contributed by atoms with Crippen molar-refractivity contribution in [2.75, 3.05) is 29.1 Å². The lowest BCUT2D eigenvalue weighted by molar-refractivity contribution is -0.00178. The van der Waals surface area contributed by atoms with Crippen molar-refractivity contribution in [3.8, 4) is 0 Å². The van der Waals surface area contributed by atoms with Gasteiger partial charge in [0.15, 0.2) is 0 Å². The van der Waals surface area contributed by atoms with Gasteiger partial charge in [0.2, 0.25) is 0 Å². The average Bonchev–Trinajstić information content (AvgIpc) is 3.59. The zero-order valence-electron chi connectivity index (χ0n) is 30.6. The van der Waals surface area contributed by atoms with Crippen LogP contribution in [-0.4, -0.2) is 91.4 Å². The number of anilines is 4. The number of nitrogens with zero attached hydrogens (tertiary/aromatic N) is 3. The summed E-state index contributed by atoms with van der Waals surface area (Å²) in [5.41, 5.74) is 3.80. The Hall–Kier alpha value is -4.15. The number of halogens is 2. The number of alkyl halides is 1. The van der Waals surface area contributed by atoms with E-state index in [1.54, 1.807) is 35.9 Å². The van der Waals surface area contributed by atoms with Crippen molar-refractivity contribution in [3.63, 3.8) is 0 Å². The predicted molar refractivity (Wildman–Crippen MR) is 210 cm³/mol. The molecule has 2 aliphatic carbocycles. The predicted octanol–water partition coefficient (Wildman–Crippen LogP) is 6.62. The van der Waals surface area contributed by atoms with Crippen molar-refractivity contribution < 1.29 is 34.0 Å². The largest absolute Gasteiger partial charge is 0.462 e. The Morgan fingerprint density at radius 2 is 1.61 bits per heavy atom. The SMILES string of the molecule is CC(C)(O)[C@H](F)CNC(=O)c1cnc(Nc2ccc3ncsc3c2)cc1N[C@H]1CCCC(O)C1.CCOC(=O)c1cnc(Cl)cc1N[C@H]1CCCC(O)C1. The average molecular weight is 786 g/mol. The number of aromatic nitrogens is 3. The molecule has 13 nitrogen and oxygen atoms in total. The molecule has 3 heterocycles. The number of rotatable bonds is 12. The van der Waals surface area contributed by atoms with Gasteiger partial charge in [0.1, 0.15) is 22.7 Å². The molecule has 0 radical (unpaired) electrons. The summed E-state index contributed by atoms with van der Waals surface area (Å²) in [7, 11) is 0. The van der Waals surface area contributed by atoms with Crippen molar-refractivity contribution in [1.29, 1.82) is 0 Å². The molecule has 2 aliphatic rings. The molecule has 54 heavy (non-hydrogen) atoms. The number of pyridine rings is 2. The maximum absolute atomic E-state index is 14.2. The van der Waals surface area contributed by atoms with E-state index in [4.69, 9.17) is 16.3 Å². The zero-order valence-corrected chi connectivity index (χ0v) is 32.2. The number of fused-ring (bicyclic) bond motifs is 1. The van der Waals surface area contributed by atoms with E-state index in [0.29, 0.717) is 47.4 Å². The van der Waals surface area contributed by atoms with Crippen molar-refractivity contribution in [2.45, 2.75) is 108 Å².